The van der Waals surface area contributed by atoms with E-state index < -0.39 is 4.33 Å². The SMILES string of the molecule is CCCC1CCC(C2CC[C@]3(CC2)C[C@@]2(CC[C@H](C4CCC(CCC)CC4)CC2)C3(Cl)Cl)CC1. The zero-order chi connectivity index (χ0) is 23.8. The molecule has 0 nitrogen and oxygen atoms in total. The van der Waals surface area contributed by atoms with E-state index in [1.165, 1.54) is 135 Å². The highest BCUT2D eigenvalue weighted by Gasteiger charge is 2.72. The maximum absolute atomic E-state index is 7.42. The van der Waals surface area contributed by atoms with Crippen molar-refractivity contribution in [2.45, 2.75) is 153 Å². The summed E-state index contributed by atoms with van der Waals surface area (Å²) in [6, 6.07) is 0. The molecule has 2 heteroatoms. The number of hydrogen-bond donors (Lipinski definition) is 0. The molecule has 0 amide bonds. The van der Waals surface area contributed by atoms with Gasteiger partial charge < -0.3 is 0 Å². The van der Waals surface area contributed by atoms with Gasteiger partial charge in [-0.3, -0.25) is 0 Å². The molecule has 2 spiro atoms. The molecule has 0 aromatic carbocycles. The van der Waals surface area contributed by atoms with Gasteiger partial charge in [0.15, 0.2) is 0 Å². The molecule has 0 unspecified atom stereocenters. The maximum Gasteiger partial charge on any atom is 0.129 e. The van der Waals surface area contributed by atoms with Crippen LogP contribution >= 0.6 is 23.2 Å². The Hall–Kier alpha value is 0.580. The largest absolute Gasteiger partial charge is 0.129 e. The van der Waals surface area contributed by atoms with Gasteiger partial charge in [-0.1, -0.05) is 65.2 Å². The van der Waals surface area contributed by atoms with E-state index in [9.17, 15) is 0 Å². The number of hydrogen-bond acceptors (Lipinski definition) is 0. The third-order valence-electron chi connectivity index (χ3n) is 12.5. The van der Waals surface area contributed by atoms with E-state index in [1.54, 1.807) is 0 Å². The van der Waals surface area contributed by atoms with Gasteiger partial charge in [0.25, 0.3) is 0 Å². The molecule has 0 N–H and O–H groups in total. The third-order valence-corrected chi connectivity index (χ3v) is 14.1. The average molecular weight is 510 g/mol. The first-order valence-electron chi connectivity index (χ1n) is 15.8. The smallest absolute Gasteiger partial charge is 0.100 e. The van der Waals surface area contributed by atoms with E-state index in [0.717, 1.165) is 35.5 Å². The van der Waals surface area contributed by atoms with Crippen LogP contribution in [0.2, 0.25) is 0 Å². The first-order valence-corrected chi connectivity index (χ1v) is 16.6. The lowest BCUT2D eigenvalue weighted by molar-refractivity contribution is -0.122. The normalized spacial score (nSPS) is 46.9. The van der Waals surface area contributed by atoms with E-state index >= 15 is 0 Å². The second-order valence-electron chi connectivity index (χ2n) is 14.1. The summed E-state index contributed by atoms with van der Waals surface area (Å²) in [5.74, 6) is 6.00. The van der Waals surface area contributed by atoms with Crippen molar-refractivity contribution in [2.24, 2.45) is 46.3 Å². The summed E-state index contributed by atoms with van der Waals surface area (Å²) in [5.41, 5.74) is 0.494. The van der Waals surface area contributed by atoms with Crippen LogP contribution in [-0.4, -0.2) is 4.33 Å². The summed E-state index contributed by atoms with van der Waals surface area (Å²) in [4.78, 5) is 0. The maximum atomic E-state index is 7.42. The van der Waals surface area contributed by atoms with Crippen molar-refractivity contribution in [2.75, 3.05) is 0 Å². The molecule has 0 aromatic rings. The zero-order valence-corrected chi connectivity index (χ0v) is 24.1. The molecular formula is C32H54Cl2. The minimum absolute atomic E-state index is 0.247. The van der Waals surface area contributed by atoms with Crippen molar-refractivity contribution < 1.29 is 0 Å². The molecule has 34 heavy (non-hydrogen) atoms. The summed E-state index contributed by atoms with van der Waals surface area (Å²) >= 11 is 14.8. The monoisotopic (exact) mass is 508 g/mol. The van der Waals surface area contributed by atoms with E-state index in [4.69, 9.17) is 23.2 Å². The van der Waals surface area contributed by atoms with Crippen LogP contribution < -0.4 is 0 Å². The van der Waals surface area contributed by atoms with Crippen molar-refractivity contribution >= 4 is 23.2 Å². The molecule has 0 radical (unpaired) electrons. The molecule has 5 fully saturated rings. The summed E-state index contributed by atoms with van der Waals surface area (Å²) in [7, 11) is 0. The zero-order valence-electron chi connectivity index (χ0n) is 22.6. The van der Waals surface area contributed by atoms with Crippen molar-refractivity contribution in [3.63, 3.8) is 0 Å². The van der Waals surface area contributed by atoms with Gasteiger partial charge in [-0.2, -0.15) is 0 Å². The molecule has 5 saturated carbocycles. The fourth-order valence-corrected chi connectivity index (χ4v) is 11.4. The summed E-state index contributed by atoms with van der Waals surface area (Å²) in [6.07, 6.45) is 29.9. The third kappa shape index (κ3) is 4.76. The lowest BCUT2D eigenvalue weighted by Gasteiger charge is -2.69. The molecule has 0 atom stereocenters. The Morgan fingerprint density at radius 1 is 0.500 bits per heavy atom. The Morgan fingerprint density at radius 2 is 0.824 bits per heavy atom. The van der Waals surface area contributed by atoms with E-state index in [-0.39, 0.29) is 10.8 Å². The molecule has 5 aliphatic rings. The second kappa shape index (κ2) is 10.8. The van der Waals surface area contributed by atoms with Gasteiger partial charge in [-0.15, -0.1) is 23.2 Å². The first kappa shape index (κ1) is 26.2. The van der Waals surface area contributed by atoms with Crippen LogP contribution in [-0.2, 0) is 0 Å². The minimum Gasteiger partial charge on any atom is -0.100 e. The quantitative estimate of drug-likeness (QED) is 0.312. The van der Waals surface area contributed by atoms with E-state index in [1.807, 2.05) is 0 Å². The van der Waals surface area contributed by atoms with Crippen LogP contribution in [0.1, 0.15) is 149 Å². The molecule has 5 rings (SSSR count). The van der Waals surface area contributed by atoms with Crippen LogP contribution in [0, 0.1) is 46.3 Å². The lowest BCUT2D eigenvalue weighted by atomic mass is 9.42. The topological polar surface area (TPSA) is 0 Å². The lowest BCUT2D eigenvalue weighted by Crippen LogP contribution is -2.66. The number of rotatable bonds is 6. The predicted octanol–water partition coefficient (Wildman–Crippen LogP) is 11.1. The van der Waals surface area contributed by atoms with Gasteiger partial charge in [0, 0.05) is 10.8 Å². The predicted molar refractivity (Wildman–Crippen MR) is 149 cm³/mol. The molecule has 0 aliphatic heterocycles. The van der Waals surface area contributed by atoms with Crippen LogP contribution in [0.3, 0.4) is 0 Å². The van der Waals surface area contributed by atoms with Gasteiger partial charge in [0.05, 0.1) is 0 Å². The molecule has 0 aromatic heterocycles. The molecule has 196 valence electrons. The van der Waals surface area contributed by atoms with Crippen LogP contribution in [0.25, 0.3) is 0 Å². The molecular weight excluding hydrogens is 455 g/mol. The molecule has 0 bridgehead atoms. The Balaban J connectivity index is 1.09. The van der Waals surface area contributed by atoms with Gasteiger partial charge in [-0.05, 0) is 119 Å². The Kier molecular flexibility index (Phi) is 8.28. The summed E-state index contributed by atoms with van der Waals surface area (Å²) < 4.78 is -0.451. The fourth-order valence-electron chi connectivity index (χ4n) is 10.3. The van der Waals surface area contributed by atoms with Gasteiger partial charge in [-0.25, -0.2) is 0 Å². The summed E-state index contributed by atoms with van der Waals surface area (Å²) in [6.45, 7) is 4.71. The van der Waals surface area contributed by atoms with Crippen LogP contribution in [0.15, 0.2) is 0 Å². The van der Waals surface area contributed by atoms with Crippen molar-refractivity contribution in [3.8, 4) is 0 Å². The van der Waals surface area contributed by atoms with Crippen LogP contribution in [0.5, 0.6) is 0 Å². The molecule has 0 heterocycles. The molecule has 0 saturated heterocycles. The van der Waals surface area contributed by atoms with E-state index in [2.05, 4.69) is 13.8 Å². The Labute approximate surface area is 222 Å². The highest BCUT2D eigenvalue weighted by molar-refractivity contribution is 6.50. The molecule has 5 aliphatic carbocycles. The van der Waals surface area contributed by atoms with Crippen LogP contribution in [0.4, 0.5) is 0 Å². The van der Waals surface area contributed by atoms with Crippen molar-refractivity contribution in [3.05, 3.63) is 0 Å². The second-order valence-corrected chi connectivity index (χ2v) is 15.5. The minimum atomic E-state index is -0.451. The van der Waals surface area contributed by atoms with Gasteiger partial charge >= 0.3 is 0 Å². The summed E-state index contributed by atoms with van der Waals surface area (Å²) in [5, 5.41) is 0. The number of alkyl halides is 2. The van der Waals surface area contributed by atoms with Gasteiger partial charge in [0.2, 0.25) is 0 Å². The highest BCUT2D eigenvalue weighted by atomic mass is 35.5. The average Bonchev–Trinajstić information content (AvgIpc) is 2.86. The highest BCUT2D eigenvalue weighted by Crippen LogP contribution is 2.77. The van der Waals surface area contributed by atoms with Gasteiger partial charge in [0.1, 0.15) is 4.33 Å². The Morgan fingerprint density at radius 3 is 1.12 bits per heavy atom. The first-order chi connectivity index (χ1) is 16.4. The number of halogens is 2. The standard InChI is InChI=1S/C32H54Cl2/c1-3-5-24-7-11-26(12-8-24)28-15-19-30(20-16-28)23-31(32(30,33)34)21-17-29(18-22-31)27-13-9-25(6-4-2)10-14-27/h24-29H,3-23H2,1-2H3/t24?,25?,26?,27?,28-,29?,30-,31-. The van der Waals surface area contributed by atoms with E-state index in [0.29, 0.717) is 0 Å². The van der Waals surface area contributed by atoms with Crippen molar-refractivity contribution in [1.29, 1.82) is 0 Å². The van der Waals surface area contributed by atoms with Crippen molar-refractivity contribution in [1.82, 2.24) is 0 Å². The fraction of sp³-hybridized carbons (Fsp3) is 1.00. The Bertz CT molecular complexity index is 582.